The third kappa shape index (κ3) is 49.8. The van der Waals surface area contributed by atoms with Crippen LogP contribution in [-0.2, 0) is 42.2 Å². The molecule has 0 aromatic heterocycles. The fourth-order valence-electron chi connectivity index (χ4n) is 5.83. The maximum Gasteiger partial charge on any atom is 0.472 e. The van der Waals surface area contributed by atoms with Gasteiger partial charge in [-0.3, -0.25) is 23.4 Å². The largest absolute Gasteiger partial charge is 0.472 e. The molecule has 0 saturated heterocycles. The molecule has 0 spiro atoms. The Morgan fingerprint density at radius 3 is 1.11 bits per heavy atom. The molecular formula is C60H89O11P. The molecule has 0 aliphatic heterocycles. The number of unbranched alkanes of at least 4 members (excludes halogenated alkanes) is 1. The first-order valence-electron chi connectivity index (χ1n) is 26.0. The van der Waals surface area contributed by atoms with Crippen LogP contribution in [0.5, 0.6) is 0 Å². The lowest BCUT2D eigenvalue weighted by Crippen LogP contribution is -2.30. The maximum atomic E-state index is 12.8. The molecule has 0 aromatic carbocycles. The quantitative estimate of drug-likeness (QED) is 0.0197. The minimum atomic E-state index is -4.81. The number of aliphatic hydroxyl groups is 1. The molecule has 0 radical (unpaired) electrons. The van der Waals surface area contributed by atoms with E-state index in [2.05, 4.69) is 136 Å². The number of phosphoric acid groups is 1. The number of esters is 3. The second kappa shape index (κ2) is 52.2. The molecule has 0 amide bonds. The molecule has 3 atom stereocenters. The van der Waals surface area contributed by atoms with Crippen molar-refractivity contribution in [1.82, 2.24) is 0 Å². The van der Waals surface area contributed by atoms with E-state index in [4.69, 9.17) is 23.3 Å². The van der Waals surface area contributed by atoms with Gasteiger partial charge in [-0.15, -0.1) is 0 Å². The minimum Gasteiger partial charge on any atom is -0.461 e. The highest BCUT2D eigenvalue weighted by Crippen LogP contribution is 2.43. The van der Waals surface area contributed by atoms with Crippen molar-refractivity contribution in [2.75, 3.05) is 26.4 Å². The van der Waals surface area contributed by atoms with Crippen molar-refractivity contribution in [3.05, 3.63) is 170 Å². The molecule has 0 aliphatic rings. The summed E-state index contributed by atoms with van der Waals surface area (Å²) in [6.45, 7) is 3.98. The zero-order valence-corrected chi connectivity index (χ0v) is 44.7. The summed E-state index contributed by atoms with van der Waals surface area (Å²) in [6.07, 6.45) is 69.5. The van der Waals surface area contributed by atoms with E-state index in [0.29, 0.717) is 25.7 Å². The third-order valence-corrected chi connectivity index (χ3v) is 10.6. The highest BCUT2D eigenvalue weighted by molar-refractivity contribution is 7.47. The number of carbonyl (C=O) groups excluding carboxylic acids is 3. The maximum absolute atomic E-state index is 12.8. The van der Waals surface area contributed by atoms with Crippen molar-refractivity contribution in [2.24, 2.45) is 0 Å². The second-order valence-corrected chi connectivity index (χ2v) is 17.7. The lowest BCUT2D eigenvalue weighted by molar-refractivity contribution is -0.161. The Bertz CT molecular complexity index is 1850. The fraction of sp³-hybridized carbons (Fsp3) is 0.483. The summed E-state index contributed by atoms with van der Waals surface area (Å²) in [7, 11) is -4.81. The standard InChI is InChI=1S/C60H89O11P/c1-4-7-10-13-16-19-22-25-27-28-30-33-36-39-42-45-48-51-60(64)71-57(53-67-58(62)49-46-43-40-37-34-32-29-26-23-20-17-14-11-8-5-2)55-69-72(65,66)68-54-56(52-61)70-59(63)50-47-44-41-38-35-31-24-21-18-15-12-9-6-3/h7-12,16-21,25-27,29-31,33-35,37,39,41-44,46,56-57,61H,4-6,13-15,22-24,28,32,36,38,40,45,47-55H2,1-3H3,(H,65,66)/b10-7-,11-8-,12-9-,19-16-,20-17-,21-18-,27-25-,29-26-,33-30-,35-31-,37-34-,42-39-,44-41-,46-43-. The molecule has 12 heteroatoms. The summed E-state index contributed by atoms with van der Waals surface area (Å²) < 4.78 is 39.1. The predicted molar refractivity (Wildman–Crippen MR) is 297 cm³/mol. The normalized spacial score (nSPS) is 14.8. The van der Waals surface area contributed by atoms with Gasteiger partial charge in [0.1, 0.15) is 12.7 Å². The van der Waals surface area contributed by atoms with Gasteiger partial charge in [-0.25, -0.2) is 4.57 Å². The van der Waals surface area contributed by atoms with E-state index in [1.54, 1.807) is 6.08 Å². The van der Waals surface area contributed by atoms with Crippen LogP contribution in [0.3, 0.4) is 0 Å². The van der Waals surface area contributed by atoms with E-state index < -0.39 is 64.4 Å². The van der Waals surface area contributed by atoms with Gasteiger partial charge in [0.15, 0.2) is 6.10 Å². The Kier molecular flexibility index (Phi) is 48.4. The van der Waals surface area contributed by atoms with Crippen LogP contribution in [-0.4, -0.2) is 66.5 Å². The molecule has 0 saturated carbocycles. The van der Waals surface area contributed by atoms with Gasteiger partial charge >= 0.3 is 25.7 Å². The van der Waals surface area contributed by atoms with Gasteiger partial charge in [0.25, 0.3) is 0 Å². The SMILES string of the molecule is CC/C=C\C/C=C\C/C=C\C/C=C\C/C=C\CCCC(=O)OC(COC(=O)C/C=C\C/C=C\C/C=C\C/C=C\C/C=C\CC)COP(=O)(O)OCC(CO)OC(=O)CC/C=C\C/C=C\C/C=C\C/C=C\CC. The van der Waals surface area contributed by atoms with Crippen molar-refractivity contribution < 1.29 is 52.2 Å². The molecule has 0 heterocycles. The Morgan fingerprint density at radius 2 is 0.722 bits per heavy atom. The summed E-state index contributed by atoms with van der Waals surface area (Å²) in [5.74, 6) is -1.81. The highest BCUT2D eigenvalue weighted by Gasteiger charge is 2.28. The number of ether oxygens (including phenoxy) is 3. The van der Waals surface area contributed by atoms with Crippen LogP contribution in [0, 0.1) is 0 Å². The van der Waals surface area contributed by atoms with Crippen LogP contribution < -0.4 is 0 Å². The van der Waals surface area contributed by atoms with Crippen molar-refractivity contribution >= 4 is 25.7 Å². The molecule has 0 fully saturated rings. The average molecular weight is 1020 g/mol. The summed E-state index contributed by atoms with van der Waals surface area (Å²) in [4.78, 5) is 48.2. The first kappa shape index (κ1) is 66.8. The van der Waals surface area contributed by atoms with Gasteiger partial charge in [-0.1, -0.05) is 191 Å². The van der Waals surface area contributed by atoms with Gasteiger partial charge in [-0.05, 0) is 109 Å². The van der Waals surface area contributed by atoms with Crippen LogP contribution in [0.25, 0.3) is 0 Å². The third-order valence-electron chi connectivity index (χ3n) is 9.66. The summed E-state index contributed by atoms with van der Waals surface area (Å²) >= 11 is 0. The highest BCUT2D eigenvalue weighted by atomic mass is 31.2. The van der Waals surface area contributed by atoms with Crippen LogP contribution in [0.15, 0.2) is 170 Å². The molecule has 2 N–H and O–H groups in total. The van der Waals surface area contributed by atoms with Crippen molar-refractivity contribution in [3.63, 3.8) is 0 Å². The Hall–Kier alpha value is -5.16. The minimum absolute atomic E-state index is 0.0331. The summed E-state index contributed by atoms with van der Waals surface area (Å²) in [6, 6.07) is 0. The summed E-state index contributed by atoms with van der Waals surface area (Å²) in [5, 5.41) is 9.76. The first-order valence-corrected chi connectivity index (χ1v) is 27.5. The Balaban J connectivity index is 5.05. The Labute approximate surface area is 434 Å². The molecule has 400 valence electrons. The number of aliphatic hydroxyl groups excluding tert-OH is 1. The smallest absolute Gasteiger partial charge is 0.461 e. The van der Waals surface area contributed by atoms with E-state index in [1.165, 1.54) is 0 Å². The number of carbonyl (C=O) groups is 3. The zero-order chi connectivity index (χ0) is 52.7. The molecule has 11 nitrogen and oxygen atoms in total. The molecule has 72 heavy (non-hydrogen) atoms. The molecule has 0 bridgehead atoms. The zero-order valence-electron chi connectivity index (χ0n) is 43.8. The topological polar surface area (TPSA) is 155 Å². The van der Waals surface area contributed by atoms with E-state index in [0.717, 1.165) is 83.5 Å². The van der Waals surface area contributed by atoms with Crippen LogP contribution in [0.4, 0.5) is 0 Å². The van der Waals surface area contributed by atoms with Crippen molar-refractivity contribution in [1.29, 1.82) is 0 Å². The van der Waals surface area contributed by atoms with Crippen LogP contribution in [0.1, 0.15) is 149 Å². The molecule has 0 aliphatic carbocycles. The number of phosphoric ester groups is 1. The van der Waals surface area contributed by atoms with Crippen molar-refractivity contribution in [3.8, 4) is 0 Å². The van der Waals surface area contributed by atoms with E-state index in [1.807, 2.05) is 48.6 Å². The number of hydrogen-bond donors (Lipinski definition) is 2. The number of allylic oxidation sites excluding steroid dienone is 27. The van der Waals surface area contributed by atoms with Crippen LogP contribution in [0.2, 0.25) is 0 Å². The lowest BCUT2D eigenvalue weighted by atomic mass is 10.2. The van der Waals surface area contributed by atoms with Crippen molar-refractivity contribution in [2.45, 2.75) is 161 Å². The molecular weight excluding hydrogens is 928 g/mol. The number of rotatable bonds is 45. The van der Waals surface area contributed by atoms with E-state index >= 15 is 0 Å². The van der Waals surface area contributed by atoms with E-state index in [-0.39, 0.29) is 19.3 Å². The van der Waals surface area contributed by atoms with E-state index in [9.17, 15) is 28.9 Å². The number of hydrogen-bond acceptors (Lipinski definition) is 10. The Morgan fingerprint density at radius 1 is 0.403 bits per heavy atom. The van der Waals surface area contributed by atoms with Crippen LogP contribution >= 0.6 is 7.82 Å². The molecule has 3 unspecified atom stereocenters. The first-order chi connectivity index (χ1) is 35.2. The summed E-state index contributed by atoms with van der Waals surface area (Å²) in [5.41, 5.74) is 0. The van der Waals surface area contributed by atoms with Gasteiger partial charge in [0, 0.05) is 12.8 Å². The molecule has 0 aromatic rings. The monoisotopic (exact) mass is 1020 g/mol. The predicted octanol–water partition coefficient (Wildman–Crippen LogP) is 15.1. The fourth-order valence-corrected chi connectivity index (χ4v) is 6.61. The molecule has 0 rings (SSSR count). The van der Waals surface area contributed by atoms with Gasteiger partial charge in [-0.2, -0.15) is 0 Å². The second-order valence-electron chi connectivity index (χ2n) is 16.2. The average Bonchev–Trinajstić information content (AvgIpc) is 3.37. The van der Waals surface area contributed by atoms with Gasteiger partial charge in [0.2, 0.25) is 0 Å². The van der Waals surface area contributed by atoms with Gasteiger partial charge < -0.3 is 24.2 Å². The lowest BCUT2D eigenvalue weighted by Gasteiger charge is -2.21. The van der Waals surface area contributed by atoms with Gasteiger partial charge in [0.05, 0.1) is 26.2 Å².